The van der Waals surface area contributed by atoms with Crippen LogP contribution in [0.3, 0.4) is 0 Å². The van der Waals surface area contributed by atoms with Gasteiger partial charge in [-0.1, -0.05) is 6.07 Å². The first-order valence-corrected chi connectivity index (χ1v) is 5.55. The highest BCUT2D eigenvalue weighted by molar-refractivity contribution is 5.70. The van der Waals surface area contributed by atoms with Gasteiger partial charge < -0.3 is 9.84 Å². The van der Waals surface area contributed by atoms with E-state index in [4.69, 9.17) is 9.84 Å². The molecule has 1 N–H and O–H groups in total. The van der Waals surface area contributed by atoms with Gasteiger partial charge in [-0.2, -0.15) is 0 Å². The Morgan fingerprint density at radius 3 is 2.65 bits per heavy atom. The van der Waals surface area contributed by atoms with Gasteiger partial charge in [0.1, 0.15) is 11.6 Å². The number of benzene rings is 1. The fraction of sp³-hybridized carbons (Fsp3) is 0.462. The number of aliphatic carboxylic acids is 1. The number of halogens is 1. The molecule has 1 aromatic carbocycles. The SMILES string of the molecule is COc1c(C2(CC(=O)O)CC2)ccc(F)c1C. The Bertz CT molecular complexity index is 464. The van der Waals surface area contributed by atoms with Crippen molar-refractivity contribution < 1.29 is 19.0 Å². The fourth-order valence-corrected chi connectivity index (χ4v) is 2.33. The molecule has 1 fully saturated rings. The molecule has 4 heteroatoms. The maximum atomic E-state index is 13.4. The summed E-state index contributed by atoms with van der Waals surface area (Å²) in [4.78, 5) is 10.9. The summed E-state index contributed by atoms with van der Waals surface area (Å²) in [6, 6.07) is 3.03. The molecule has 0 aromatic heterocycles. The van der Waals surface area contributed by atoms with Gasteiger partial charge in [-0.15, -0.1) is 0 Å². The van der Waals surface area contributed by atoms with Gasteiger partial charge in [-0.3, -0.25) is 4.79 Å². The van der Waals surface area contributed by atoms with Gasteiger partial charge in [0.25, 0.3) is 0 Å². The number of methoxy groups -OCH3 is 1. The molecule has 92 valence electrons. The zero-order valence-electron chi connectivity index (χ0n) is 9.92. The van der Waals surface area contributed by atoms with E-state index in [0.29, 0.717) is 11.3 Å². The van der Waals surface area contributed by atoms with E-state index in [1.807, 2.05) is 0 Å². The van der Waals surface area contributed by atoms with E-state index in [2.05, 4.69) is 0 Å². The van der Waals surface area contributed by atoms with Crippen LogP contribution in [0.25, 0.3) is 0 Å². The van der Waals surface area contributed by atoms with E-state index in [0.717, 1.165) is 18.4 Å². The summed E-state index contributed by atoms with van der Waals surface area (Å²) in [6.45, 7) is 1.65. The maximum Gasteiger partial charge on any atom is 0.304 e. The lowest BCUT2D eigenvalue weighted by molar-refractivity contribution is -0.137. The lowest BCUT2D eigenvalue weighted by atomic mass is 9.90. The number of carboxylic acid groups (broad SMARTS) is 1. The molecule has 0 spiro atoms. The summed E-state index contributed by atoms with van der Waals surface area (Å²) in [6.07, 6.45) is 1.72. The fourth-order valence-electron chi connectivity index (χ4n) is 2.33. The van der Waals surface area contributed by atoms with Gasteiger partial charge in [0, 0.05) is 16.5 Å². The largest absolute Gasteiger partial charge is 0.496 e. The number of rotatable bonds is 4. The number of ether oxygens (including phenoxy) is 1. The number of hydrogen-bond acceptors (Lipinski definition) is 2. The molecule has 1 aliphatic rings. The topological polar surface area (TPSA) is 46.5 Å². The summed E-state index contributed by atoms with van der Waals surface area (Å²) in [5, 5.41) is 8.92. The second-order valence-electron chi connectivity index (χ2n) is 4.60. The Morgan fingerprint density at radius 2 is 2.18 bits per heavy atom. The van der Waals surface area contributed by atoms with Crippen molar-refractivity contribution >= 4 is 5.97 Å². The van der Waals surface area contributed by atoms with E-state index in [-0.39, 0.29) is 17.7 Å². The van der Waals surface area contributed by atoms with Crippen LogP contribution < -0.4 is 4.74 Å². The van der Waals surface area contributed by atoms with Crippen LogP contribution in [0.4, 0.5) is 4.39 Å². The Morgan fingerprint density at radius 1 is 1.53 bits per heavy atom. The molecule has 0 saturated heterocycles. The summed E-state index contributed by atoms with van der Waals surface area (Å²) in [5.74, 6) is -0.660. The number of hydrogen-bond donors (Lipinski definition) is 1. The van der Waals surface area contributed by atoms with Crippen molar-refractivity contribution in [2.24, 2.45) is 0 Å². The van der Waals surface area contributed by atoms with Crippen molar-refractivity contribution in [3.63, 3.8) is 0 Å². The summed E-state index contributed by atoms with van der Waals surface area (Å²) < 4.78 is 18.7. The average Bonchev–Trinajstić information content (AvgIpc) is 3.01. The molecule has 1 aliphatic carbocycles. The molecule has 0 radical (unpaired) electrons. The van der Waals surface area contributed by atoms with Gasteiger partial charge in [-0.05, 0) is 25.8 Å². The van der Waals surface area contributed by atoms with E-state index in [9.17, 15) is 9.18 Å². The molecular weight excluding hydrogens is 223 g/mol. The molecule has 1 saturated carbocycles. The molecule has 1 aromatic rings. The standard InChI is InChI=1S/C13H15FO3/c1-8-10(14)4-3-9(12(8)17-2)13(5-6-13)7-11(15)16/h3-4H,5-7H2,1-2H3,(H,15,16). The molecule has 0 bridgehead atoms. The van der Waals surface area contributed by atoms with Gasteiger partial charge in [0.05, 0.1) is 13.5 Å². The monoisotopic (exact) mass is 238 g/mol. The highest BCUT2D eigenvalue weighted by Crippen LogP contribution is 2.54. The molecule has 17 heavy (non-hydrogen) atoms. The van der Waals surface area contributed by atoms with Gasteiger partial charge in [0.2, 0.25) is 0 Å². The van der Waals surface area contributed by atoms with Gasteiger partial charge in [-0.25, -0.2) is 4.39 Å². The lowest BCUT2D eigenvalue weighted by Crippen LogP contribution is -2.15. The second-order valence-corrected chi connectivity index (χ2v) is 4.60. The minimum Gasteiger partial charge on any atom is -0.496 e. The van der Waals surface area contributed by atoms with Crippen LogP contribution in [0.5, 0.6) is 5.75 Å². The van der Waals surface area contributed by atoms with Crippen molar-refractivity contribution in [2.75, 3.05) is 7.11 Å². The zero-order valence-corrected chi connectivity index (χ0v) is 9.92. The quantitative estimate of drug-likeness (QED) is 0.877. The van der Waals surface area contributed by atoms with Gasteiger partial charge >= 0.3 is 5.97 Å². The average molecular weight is 238 g/mol. The van der Waals surface area contributed by atoms with Gasteiger partial charge in [0.15, 0.2) is 0 Å². The molecule has 2 rings (SSSR count). The Balaban J connectivity index is 2.46. The predicted molar refractivity (Wildman–Crippen MR) is 60.9 cm³/mol. The molecule has 0 aliphatic heterocycles. The van der Waals surface area contributed by atoms with Crippen LogP contribution in [0, 0.1) is 12.7 Å². The summed E-state index contributed by atoms with van der Waals surface area (Å²) in [7, 11) is 1.49. The molecular formula is C13H15FO3. The Labute approximate surface area is 99.2 Å². The highest BCUT2D eigenvalue weighted by Gasteiger charge is 2.48. The third-order valence-corrected chi connectivity index (χ3v) is 3.46. The molecule has 0 amide bonds. The third-order valence-electron chi connectivity index (χ3n) is 3.46. The van der Waals surface area contributed by atoms with E-state index < -0.39 is 5.97 Å². The maximum absolute atomic E-state index is 13.4. The van der Waals surface area contributed by atoms with Crippen LogP contribution >= 0.6 is 0 Å². The smallest absolute Gasteiger partial charge is 0.304 e. The van der Waals surface area contributed by atoms with Crippen LogP contribution in [-0.4, -0.2) is 18.2 Å². The van der Waals surface area contributed by atoms with E-state index in [1.165, 1.54) is 13.2 Å². The van der Waals surface area contributed by atoms with Crippen LogP contribution in [-0.2, 0) is 10.2 Å². The van der Waals surface area contributed by atoms with Crippen LogP contribution in [0.1, 0.15) is 30.4 Å². The first-order chi connectivity index (χ1) is 8.00. The predicted octanol–water partition coefficient (Wildman–Crippen LogP) is 2.65. The Kier molecular flexibility index (Phi) is 2.81. The second kappa shape index (κ2) is 4.02. The minimum atomic E-state index is -0.827. The number of carbonyl (C=O) groups is 1. The molecule has 3 nitrogen and oxygen atoms in total. The zero-order chi connectivity index (χ0) is 12.6. The first kappa shape index (κ1) is 11.9. The molecule has 0 atom stereocenters. The van der Waals surface area contributed by atoms with Crippen molar-refractivity contribution in [2.45, 2.75) is 31.6 Å². The summed E-state index contributed by atoms with van der Waals surface area (Å²) in [5.41, 5.74) is 0.915. The Hall–Kier alpha value is -1.58. The first-order valence-electron chi connectivity index (χ1n) is 5.55. The lowest BCUT2D eigenvalue weighted by Gasteiger charge is -2.19. The van der Waals surface area contributed by atoms with E-state index >= 15 is 0 Å². The normalized spacial score (nSPS) is 16.6. The van der Waals surface area contributed by atoms with Crippen LogP contribution in [0.2, 0.25) is 0 Å². The molecule has 0 unspecified atom stereocenters. The number of carboxylic acids is 1. The van der Waals surface area contributed by atoms with E-state index in [1.54, 1.807) is 13.0 Å². The van der Waals surface area contributed by atoms with Crippen molar-refractivity contribution in [3.8, 4) is 5.75 Å². The molecule has 0 heterocycles. The van der Waals surface area contributed by atoms with Crippen molar-refractivity contribution in [3.05, 3.63) is 29.1 Å². The van der Waals surface area contributed by atoms with Crippen LogP contribution in [0.15, 0.2) is 12.1 Å². The summed E-state index contributed by atoms with van der Waals surface area (Å²) >= 11 is 0. The highest BCUT2D eigenvalue weighted by atomic mass is 19.1. The third kappa shape index (κ3) is 1.99. The minimum absolute atomic E-state index is 0.0778. The van der Waals surface area contributed by atoms with Crippen molar-refractivity contribution in [1.29, 1.82) is 0 Å². The van der Waals surface area contributed by atoms with Crippen molar-refractivity contribution in [1.82, 2.24) is 0 Å².